The molecule has 3 N–H and O–H groups in total. The number of hydrogen-bond donors (Lipinski definition) is 2. The molecule has 6 heteroatoms. The van der Waals surface area contributed by atoms with Crippen LogP contribution < -0.4 is 5.73 Å². The van der Waals surface area contributed by atoms with Gasteiger partial charge in [0.25, 0.3) is 0 Å². The minimum Gasteiger partial charge on any atom is -0.382 e. The third-order valence-electron chi connectivity index (χ3n) is 1.72. The van der Waals surface area contributed by atoms with Gasteiger partial charge in [0.2, 0.25) is 0 Å². The van der Waals surface area contributed by atoms with Gasteiger partial charge in [0.05, 0.1) is 0 Å². The van der Waals surface area contributed by atoms with Crippen molar-refractivity contribution in [3.8, 4) is 11.4 Å². The first-order valence-electron chi connectivity index (χ1n) is 3.98. The molecule has 0 aliphatic heterocycles. The predicted octanol–water partition coefficient (Wildman–Crippen LogP) is 1.41. The fourth-order valence-electron chi connectivity index (χ4n) is 1.11. The van der Waals surface area contributed by atoms with E-state index in [9.17, 15) is 0 Å². The van der Waals surface area contributed by atoms with Crippen molar-refractivity contribution in [1.82, 2.24) is 20.2 Å². The molecule has 0 spiro atoms. The number of nitrogens with two attached hydrogens (primary N) is 1. The molecule has 0 aromatic carbocycles. The molecule has 0 amide bonds. The standard InChI is InChI=1S/C8H8ClN5/c1-4-11-7(8(9)12-4)5-2-3-6(10)14-13-5/h2-3H,1H3,(H2,10,14)(H,11,12). The molecule has 0 radical (unpaired) electrons. The van der Waals surface area contributed by atoms with E-state index in [0.717, 1.165) is 5.82 Å². The highest BCUT2D eigenvalue weighted by Crippen LogP contribution is 2.22. The lowest BCUT2D eigenvalue weighted by atomic mass is 10.3. The van der Waals surface area contributed by atoms with Crippen molar-refractivity contribution in [2.45, 2.75) is 6.92 Å². The van der Waals surface area contributed by atoms with E-state index in [-0.39, 0.29) is 0 Å². The van der Waals surface area contributed by atoms with Gasteiger partial charge >= 0.3 is 0 Å². The van der Waals surface area contributed by atoms with Gasteiger partial charge in [0.15, 0.2) is 5.15 Å². The van der Waals surface area contributed by atoms with E-state index < -0.39 is 0 Å². The Hall–Kier alpha value is -1.62. The molecule has 0 aliphatic carbocycles. The van der Waals surface area contributed by atoms with Crippen LogP contribution in [-0.2, 0) is 0 Å². The highest BCUT2D eigenvalue weighted by atomic mass is 35.5. The molecule has 2 aromatic rings. The summed E-state index contributed by atoms with van der Waals surface area (Å²) in [7, 11) is 0. The van der Waals surface area contributed by atoms with Gasteiger partial charge in [-0.2, -0.15) is 0 Å². The minimum atomic E-state index is 0.376. The fraction of sp³-hybridized carbons (Fsp3) is 0.125. The van der Waals surface area contributed by atoms with E-state index in [4.69, 9.17) is 17.3 Å². The number of aryl methyl sites for hydroxylation is 1. The highest BCUT2D eigenvalue weighted by Gasteiger charge is 2.09. The number of anilines is 1. The van der Waals surface area contributed by atoms with E-state index in [2.05, 4.69) is 20.2 Å². The fourth-order valence-corrected chi connectivity index (χ4v) is 1.38. The summed E-state index contributed by atoms with van der Waals surface area (Å²) in [6.45, 7) is 1.82. The summed E-state index contributed by atoms with van der Waals surface area (Å²) in [5, 5.41) is 8.01. The Kier molecular flexibility index (Phi) is 2.09. The Bertz CT molecular complexity index is 447. The molecule has 0 saturated heterocycles. The van der Waals surface area contributed by atoms with Crippen LogP contribution in [0.1, 0.15) is 5.82 Å². The molecule has 2 aromatic heterocycles. The van der Waals surface area contributed by atoms with Crippen LogP contribution in [0.15, 0.2) is 12.1 Å². The van der Waals surface area contributed by atoms with E-state index >= 15 is 0 Å². The molecule has 0 saturated carbocycles. The van der Waals surface area contributed by atoms with Crippen LogP contribution >= 0.6 is 11.6 Å². The number of nitrogen functional groups attached to an aromatic ring is 1. The van der Waals surface area contributed by atoms with Crippen LogP contribution in [0.5, 0.6) is 0 Å². The lowest BCUT2D eigenvalue weighted by Gasteiger charge is -1.96. The maximum Gasteiger partial charge on any atom is 0.156 e. The molecular weight excluding hydrogens is 202 g/mol. The predicted molar refractivity (Wildman–Crippen MR) is 53.8 cm³/mol. The Balaban J connectivity index is 2.49. The van der Waals surface area contributed by atoms with Crippen LogP contribution in [-0.4, -0.2) is 20.2 Å². The zero-order valence-electron chi connectivity index (χ0n) is 7.45. The highest BCUT2D eigenvalue weighted by molar-refractivity contribution is 6.31. The largest absolute Gasteiger partial charge is 0.382 e. The quantitative estimate of drug-likeness (QED) is 0.744. The molecule has 0 atom stereocenters. The number of nitrogens with one attached hydrogen (secondary N) is 1. The molecule has 0 bridgehead atoms. The molecule has 0 aliphatic rings. The van der Waals surface area contributed by atoms with Crippen LogP contribution in [0.25, 0.3) is 11.4 Å². The van der Waals surface area contributed by atoms with Gasteiger partial charge < -0.3 is 10.7 Å². The summed E-state index contributed by atoms with van der Waals surface area (Å²) in [6, 6.07) is 3.40. The molecule has 14 heavy (non-hydrogen) atoms. The average molecular weight is 210 g/mol. The van der Waals surface area contributed by atoms with E-state index in [1.54, 1.807) is 12.1 Å². The molecule has 2 rings (SSSR count). The first-order valence-corrected chi connectivity index (χ1v) is 4.36. The van der Waals surface area contributed by atoms with Crippen molar-refractivity contribution < 1.29 is 0 Å². The second kappa shape index (κ2) is 3.26. The monoisotopic (exact) mass is 209 g/mol. The summed E-state index contributed by atoms with van der Waals surface area (Å²) in [5.41, 5.74) is 6.71. The molecule has 2 heterocycles. The molecule has 5 nitrogen and oxygen atoms in total. The zero-order chi connectivity index (χ0) is 10.1. The van der Waals surface area contributed by atoms with Gasteiger partial charge in [-0.3, -0.25) is 0 Å². The first kappa shape index (κ1) is 8.96. The van der Waals surface area contributed by atoms with E-state index in [1.807, 2.05) is 6.92 Å². The summed E-state index contributed by atoms with van der Waals surface area (Å²) >= 11 is 5.88. The minimum absolute atomic E-state index is 0.376. The summed E-state index contributed by atoms with van der Waals surface area (Å²) in [5.74, 6) is 1.12. The molecular formula is C8H8ClN5. The van der Waals surface area contributed by atoms with Crippen molar-refractivity contribution in [2.75, 3.05) is 5.73 Å². The Morgan fingerprint density at radius 2 is 2.14 bits per heavy atom. The molecule has 0 unspecified atom stereocenters. The number of hydrogen-bond acceptors (Lipinski definition) is 4. The van der Waals surface area contributed by atoms with Gasteiger partial charge in [0.1, 0.15) is 23.0 Å². The van der Waals surface area contributed by atoms with Crippen LogP contribution in [0.3, 0.4) is 0 Å². The third-order valence-corrected chi connectivity index (χ3v) is 1.99. The SMILES string of the molecule is Cc1nc(Cl)c(-c2ccc(N)nn2)[nH]1. The normalized spacial score (nSPS) is 10.4. The van der Waals surface area contributed by atoms with Crippen molar-refractivity contribution in [2.24, 2.45) is 0 Å². The number of halogens is 1. The first-order chi connectivity index (χ1) is 6.66. The average Bonchev–Trinajstić information content (AvgIpc) is 2.47. The Morgan fingerprint density at radius 1 is 1.36 bits per heavy atom. The van der Waals surface area contributed by atoms with Gasteiger partial charge in [-0.05, 0) is 19.1 Å². The maximum absolute atomic E-state index is 5.88. The summed E-state index contributed by atoms with van der Waals surface area (Å²) in [4.78, 5) is 7.01. The van der Waals surface area contributed by atoms with Gasteiger partial charge in [-0.1, -0.05) is 11.6 Å². The van der Waals surface area contributed by atoms with Crippen molar-refractivity contribution >= 4 is 17.4 Å². The number of H-pyrrole nitrogens is 1. The van der Waals surface area contributed by atoms with Gasteiger partial charge in [-0.25, -0.2) is 4.98 Å². The lowest BCUT2D eigenvalue weighted by Crippen LogP contribution is -1.94. The number of aromatic nitrogens is 4. The second-order valence-corrected chi connectivity index (χ2v) is 3.19. The number of aromatic amines is 1. The van der Waals surface area contributed by atoms with Crippen molar-refractivity contribution in [3.63, 3.8) is 0 Å². The second-order valence-electron chi connectivity index (χ2n) is 2.83. The number of rotatable bonds is 1. The lowest BCUT2D eigenvalue weighted by molar-refractivity contribution is 1.04. The molecule has 72 valence electrons. The Morgan fingerprint density at radius 3 is 2.64 bits per heavy atom. The van der Waals surface area contributed by atoms with Gasteiger partial charge in [-0.15, -0.1) is 10.2 Å². The number of nitrogens with zero attached hydrogens (tertiary/aromatic N) is 3. The maximum atomic E-state index is 5.88. The van der Waals surface area contributed by atoms with Crippen LogP contribution in [0.2, 0.25) is 5.15 Å². The van der Waals surface area contributed by atoms with Crippen molar-refractivity contribution in [1.29, 1.82) is 0 Å². The van der Waals surface area contributed by atoms with E-state index in [1.165, 1.54) is 0 Å². The summed E-state index contributed by atoms with van der Waals surface area (Å²) in [6.07, 6.45) is 0. The third kappa shape index (κ3) is 1.54. The molecule has 0 fully saturated rings. The Labute approximate surface area is 85.3 Å². The zero-order valence-corrected chi connectivity index (χ0v) is 8.21. The van der Waals surface area contributed by atoms with E-state index in [0.29, 0.717) is 22.4 Å². The summed E-state index contributed by atoms with van der Waals surface area (Å²) < 4.78 is 0. The van der Waals surface area contributed by atoms with Crippen LogP contribution in [0, 0.1) is 6.92 Å². The topological polar surface area (TPSA) is 80.5 Å². The van der Waals surface area contributed by atoms with Crippen molar-refractivity contribution in [3.05, 3.63) is 23.1 Å². The number of imidazole rings is 1. The van der Waals surface area contributed by atoms with Crippen LogP contribution in [0.4, 0.5) is 5.82 Å². The smallest absolute Gasteiger partial charge is 0.156 e. The van der Waals surface area contributed by atoms with Gasteiger partial charge in [0, 0.05) is 0 Å².